The largest absolute Gasteiger partial charge is 0.376 e. The first-order valence-corrected chi connectivity index (χ1v) is 4.78. The summed E-state index contributed by atoms with van der Waals surface area (Å²) < 4.78 is 10.5. The molecule has 3 N–H and O–H groups in total. The van der Waals surface area contributed by atoms with E-state index in [0.717, 1.165) is 5.69 Å². The lowest BCUT2D eigenvalue weighted by Gasteiger charge is -2.25. The number of ether oxygens (including phenoxy) is 2. The van der Waals surface area contributed by atoms with Crippen molar-refractivity contribution in [2.45, 2.75) is 19.6 Å². The third-order valence-electron chi connectivity index (χ3n) is 2.10. The normalized spacial score (nSPS) is 16.1. The van der Waals surface area contributed by atoms with E-state index in [9.17, 15) is 0 Å². The van der Waals surface area contributed by atoms with Crippen LogP contribution in [0.3, 0.4) is 0 Å². The topological polar surface area (TPSA) is 82.3 Å². The van der Waals surface area contributed by atoms with Crippen LogP contribution in [0.1, 0.15) is 11.5 Å². The Morgan fingerprint density at radius 3 is 3.00 bits per heavy atom. The van der Waals surface area contributed by atoms with E-state index in [2.05, 4.69) is 15.4 Å². The highest BCUT2D eigenvalue weighted by atomic mass is 16.6. The van der Waals surface area contributed by atoms with Gasteiger partial charge in [0.1, 0.15) is 18.5 Å². The Hall–Kier alpha value is -1.24. The minimum absolute atomic E-state index is 0.184. The van der Waals surface area contributed by atoms with Crippen molar-refractivity contribution in [2.75, 3.05) is 18.6 Å². The predicted molar refractivity (Wildman–Crippen MR) is 54.0 cm³/mol. The maximum atomic E-state index is 5.50. The van der Waals surface area contributed by atoms with Gasteiger partial charge in [0.25, 0.3) is 0 Å². The van der Waals surface area contributed by atoms with Crippen molar-refractivity contribution in [2.24, 2.45) is 5.84 Å². The lowest BCUT2D eigenvalue weighted by atomic mass is 10.3. The molecule has 0 aromatic carbocycles. The number of nitrogens with one attached hydrogen (secondary N) is 1. The molecule has 6 nitrogen and oxygen atoms in total. The number of nitrogens with two attached hydrogens (primary N) is 1. The van der Waals surface area contributed by atoms with Crippen molar-refractivity contribution in [3.8, 4) is 0 Å². The smallest absolute Gasteiger partial charge is 0.156 e. The fourth-order valence-electron chi connectivity index (χ4n) is 1.27. The van der Waals surface area contributed by atoms with Crippen LogP contribution in [0.25, 0.3) is 0 Å². The molecule has 6 heteroatoms. The summed E-state index contributed by atoms with van der Waals surface area (Å²) in [6.45, 7) is 3.60. The van der Waals surface area contributed by atoms with Crippen molar-refractivity contribution in [3.05, 3.63) is 17.6 Å². The van der Waals surface area contributed by atoms with Gasteiger partial charge in [0.05, 0.1) is 13.2 Å². The first-order valence-electron chi connectivity index (χ1n) is 4.78. The molecule has 1 aromatic heterocycles. The van der Waals surface area contributed by atoms with E-state index < -0.39 is 0 Å². The van der Waals surface area contributed by atoms with E-state index in [1.807, 2.05) is 6.92 Å². The Balaban J connectivity index is 1.96. The summed E-state index contributed by atoms with van der Waals surface area (Å²) >= 11 is 0. The minimum Gasteiger partial charge on any atom is -0.376 e. The molecule has 1 saturated heterocycles. The number of aromatic nitrogens is 2. The van der Waals surface area contributed by atoms with E-state index in [-0.39, 0.29) is 6.10 Å². The van der Waals surface area contributed by atoms with Crippen LogP contribution < -0.4 is 11.3 Å². The van der Waals surface area contributed by atoms with Gasteiger partial charge in [-0.2, -0.15) is 0 Å². The van der Waals surface area contributed by atoms with Crippen LogP contribution in [0.15, 0.2) is 6.07 Å². The van der Waals surface area contributed by atoms with E-state index in [0.29, 0.717) is 31.5 Å². The summed E-state index contributed by atoms with van der Waals surface area (Å²) in [5, 5.41) is 0. The molecular formula is C9H14N4O2. The lowest BCUT2D eigenvalue weighted by Crippen LogP contribution is -2.36. The number of rotatable bonds is 4. The number of hydrogen-bond donors (Lipinski definition) is 2. The maximum Gasteiger partial charge on any atom is 0.156 e. The molecule has 1 aromatic rings. The Morgan fingerprint density at radius 2 is 2.40 bits per heavy atom. The van der Waals surface area contributed by atoms with Gasteiger partial charge >= 0.3 is 0 Å². The molecule has 0 amide bonds. The predicted octanol–water partition coefficient (Wildman–Crippen LogP) is -0.0140. The van der Waals surface area contributed by atoms with Gasteiger partial charge in [-0.15, -0.1) is 0 Å². The number of anilines is 1. The number of aryl methyl sites for hydroxylation is 1. The highest BCUT2D eigenvalue weighted by Gasteiger charge is 2.19. The summed E-state index contributed by atoms with van der Waals surface area (Å²) in [6.07, 6.45) is 0.184. The van der Waals surface area contributed by atoms with Crippen LogP contribution >= 0.6 is 0 Å². The van der Waals surface area contributed by atoms with Gasteiger partial charge in [0.15, 0.2) is 5.82 Å². The second-order valence-corrected chi connectivity index (χ2v) is 3.43. The molecule has 0 spiro atoms. The van der Waals surface area contributed by atoms with Gasteiger partial charge in [0, 0.05) is 11.8 Å². The molecule has 0 bridgehead atoms. The summed E-state index contributed by atoms with van der Waals surface area (Å²) in [5.41, 5.74) is 3.35. The molecule has 1 aliphatic rings. The third kappa shape index (κ3) is 2.62. The number of hydrazine groups is 1. The molecule has 2 heterocycles. The molecule has 0 unspecified atom stereocenters. The standard InChI is InChI=1S/C9H14N4O2/c1-6-2-8(13-10)12-9(11-6)5-15-7-3-14-4-7/h2,7H,3-5,10H2,1H3,(H,11,12,13). The van der Waals surface area contributed by atoms with E-state index >= 15 is 0 Å². The van der Waals surface area contributed by atoms with Crippen LogP contribution in [0, 0.1) is 6.92 Å². The molecular weight excluding hydrogens is 196 g/mol. The fraction of sp³-hybridized carbons (Fsp3) is 0.556. The molecule has 0 aliphatic carbocycles. The van der Waals surface area contributed by atoms with Gasteiger partial charge in [-0.05, 0) is 6.92 Å². The van der Waals surface area contributed by atoms with Gasteiger partial charge in [-0.3, -0.25) is 0 Å². The Morgan fingerprint density at radius 1 is 1.60 bits per heavy atom. The summed E-state index contributed by atoms with van der Waals surface area (Å²) in [7, 11) is 0. The van der Waals surface area contributed by atoms with Crippen LogP contribution in [-0.2, 0) is 16.1 Å². The van der Waals surface area contributed by atoms with E-state index in [1.54, 1.807) is 6.07 Å². The monoisotopic (exact) mass is 210 g/mol. The van der Waals surface area contributed by atoms with E-state index in [4.69, 9.17) is 15.3 Å². The Kier molecular flexibility index (Phi) is 3.10. The first-order chi connectivity index (χ1) is 7.28. The number of nitrogens with zero attached hydrogens (tertiary/aromatic N) is 2. The van der Waals surface area contributed by atoms with Gasteiger partial charge in [0.2, 0.25) is 0 Å². The minimum atomic E-state index is 0.184. The molecule has 0 radical (unpaired) electrons. The fourth-order valence-corrected chi connectivity index (χ4v) is 1.27. The number of nitrogen functional groups attached to an aromatic ring is 1. The summed E-state index contributed by atoms with van der Waals surface area (Å²) in [6, 6.07) is 1.77. The van der Waals surface area contributed by atoms with Gasteiger partial charge in [-0.1, -0.05) is 0 Å². The Labute approximate surface area is 87.8 Å². The third-order valence-corrected chi connectivity index (χ3v) is 2.10. The van der Waals surface area contributed by atoms with E-state index in [1.165, 1.54) is 0 Å². The van der Waals surface area contributed by atoms with Gasteiger partial charge < -0.3 is 14.9 Å². The quantitative estimate of drug-likeness (QED) is 0.537. The second-order valence-electron chi connectivity index (χ2n) is 3.43. The molecule has 82 valence electrons. The van der Waals surface area contributed by atoms with Crippen LogP contribution in [0.2, 0.25) is 0 Å². The highest BCUT2D eigenvalue weighted by Crippen LogP contribution is 2.10. The zero-order valence-corrected chi connectivity index (χ0v) is 8.56. The van der Waals surface area contributed by atoms with Gasteiger partial charge in [-0.25, -0.2) is 15.8 Å². The number of hydrogen-bond acceptors (Lipinski definition) is 6. The van der Waals surface area contributed by atoms with Crippen molar-refractivity contribution >= 4 is 5.82 Å². The molecule has 1 fully saturated rings. The molecule has 1 aliphatic heterocycles. The zero-order chi connectivity index (χ0) is 10.7. The average Bonchev–Trinajstić information content (AvgIpc) is 2.14. The molecule has 15 heavy (non-hydrogen) atoms. The van der Waals surface area contributed by atoms with Crippen LogP contribution in [0.5, 0.6) is 0 Å². The molecule has 2 rings (SSSR count). The zero-order valence-electron chi connectivity index (χ0n) is 8.56. The Bertz CT molecular complexity index is 341. The lowest BCUT2D eigenvalue weighted by molar-refractivity contribution is -0.136. The maximum absolute atomic E-state index is 5.50. The van der Waals surface area contributed by atoms with Crippen molar-refractivity contribution in [1.82, 2.24) is 9.97 Å². The van der Waals surface area contributed by atoms with Crippen LogP contribution in [-0.4, -0.2) is 29.3 Å². The summed E-state index contributed by atoms with van der Waals surface area (Å²) in [4.78, 5) is 8.41. The van der Waals surface area contributed by atoms with Crippen molar-refractivity contribution in [3.63, 3.8) is 0 Å². The second kappa shape index (κ2) is 4.52. The SMILES string of the molecule is Cc1cc(NN)nc(COC2COC2)n1. The van der Waals surface area contributed by atoms with Crippen molar-refractivity contribution < 1.29 is 9.47 Å². The highest BCUT2D eigenvalue weighted by molar-refractivity contribution is 5.33. The van der Waals surface area contributed by atoms with Crippen molar-refractivity contribution in [1.29, 1.82) is 0 Å². The molecule has 0 saturated carbocycles. The molecule has 0 atom stereocenters. The average molecular weight is 210 g/mol. The van der Waals surface area contributed by atoms with Crippen LogP contribution in [0.4, 0.5) is 5.82 Å². The summed E-state index contributed by atoms with van der Waals surface area (Å²) in [5.74, 6) is 6.52. The first kappa shape index (κ1) is 10.3.